The lowest BCUT2D eigenvalue weighted by atomic mass is 10.1. The quantitative estimate of drug-likeness (QED) is 0.780. The van der Waals surface area contributed by atoms with Crippen LogP contribution in [0.25, 0.3) is 11.0 Å². The molecule has 0 bridgehead atoms. The summed E-state index contributed by atoms with van der Waals surface area (Å²) in [7, 11) is 2.02. The first-order valence-electron chi connectivity index (χ1n) is 5.24. The van der Waals surface area contributed by atoms with Crippen LogP contribution in [0.3, 0.4) is 0 Å². The fraction of sp³-hybridized carbons (Fsp3) is 0.417. The number of aromatic nitrogens is 2. The lowest BCUT2D eigenvalue weighted by molar-refractivity contribution is 0.830. The van der Waals surface area contributed by atoms with Gasteiger partial charge in [-0.1, -0.05) is 28.9 Å². The maximum absolute atomic E-state index is 4.36. The van der Waals surface area contributed by atoms with E-state index in [0.717, 1.165) is 18.4 Å². The van der Waals surface area contributed by atoms with Crippen molar-refractivity contribution in [2.24, 2.45) is 7.05 Å². The fourth-order valence-electron chi connectivity index (χ4n) is 1.71. The van der Waals surface area contributed by atoms with Crippen LogP contribution in [-0.4, -0.2) is 14.4 Å². The monoisotopic (exact) mass is 266 g/mol. The van der Waals surface area contributed by atoms with Crippen LogP contribution in [0.5, 0.6) is 0 Å². The molecule has 0 spiro atoms. The molecule has 0 aliphatic heterocycles. The van der Waals surface area contributed by atoms with E-state index in [1.807, 2.05) is 17.9 Å². The molecule has 0 saturated heterocycles. The number of aryl methyl sites for hydroxylation is 1. The zero-order valence-electron chi connectivity index (χ0n) is 9.07. The van der Waals surface area contributed by atoms with Crippen molar-refractivity contribution in [1.29, 1.82) is 0 Å². The van der Waals surface area contributed by atoms with Crippen LogP contribution in [0.15, 0.2) is 24.5 Å². The molecule has 80 valence electrons. The summed E-state index contributed by atoms with van der Waals surface area (Å²) in [5.74, 6) is 0. The van der Waals surface area contributed by atoms with E-state index in [2.05, 4.69) is 46.0 Å². The van der Waals surface area contributed by atoms with E-state index in [4.69, 9.17) is 0 Å². The average Bonchev–Trinajstić information content (AvgIpc) is 2.60. The number of hydrogen-bond donors (Lipinski definition) is 0. The summed E-state index contributed by atoms with van der Waals surface area (Å²) >= 11 is 3.66. The highest BCUT2D eigenvalue weighted by molar-refractivity contribution is 9.09. The Morgan fingerprint density at radius 1 is 1.47 bits per heavy atom. The summed E-state index contributed by atoms with van der Waals surface area (Å²) in [5, 5.41) is 0. The summed E-state index contributed by atoms with van der Waals surface area (Å²) in [6.45, 7) is 2.19. The van der Waals surface area contributed by atoms with E-state index < -0.39 is 0 Å². The highest BCUT2D eigenvalue weighted by Gasteiger charge is 2.05. The Bertz CT molecular complexity index is 462. The van der Waals surface area contributed by atoms with E-state index in [1.54, 1.807) is 0 Å². The molecule has 0 radical (unpaired) electrons. The van der Waals surface area contributed by atoms with Crippen LogP contribution >= 0.6 is 15.9 Å². The van der Waals surface area contributed by atoms with Gasteiger partial charge in [0.05, 0.1) is 17.4 Å². The zero-order valence-corrected chi connectivity index (χ0v) is 10.7. The maximum atomic E-state index is 4.36. The molecule has 1 atom stereocenters. The van der Waals surface area contributed by atoms with Crippen molar-refractivity contribution in [3.63, 3.8) is 0 Å². The molecule has 3 heteroatoms. The van der Waals surface area contributed by atoms with Gasteiger partial charge in [-0.25, -0.2) is 4.98 Å². The normalized spacial score (nSPS) is 13.3. The molecule has 0 aliphatic rings. The van der Waals surface area contributed by atoms with Gasteiger partial charge in [0, 0.05) is 11.9 Å². The fourth-order valence-corrected chi connectivity index (χ4v) is 2.08. The Morgan fingerprint density at radius 2 is 2.27 bits per heavy atom. The maximum Gasteiger partial charge on any atom is 0.0955 e. The molecule has 2 aromatic rings. The van der Waals surface area contributed by atoms with Crippen molar-refractivity contribution in [3.8, 4) is 0 Å². The molecule has 0 amide bonds. The third-order valence-corrected chi connectivity index (χ3v) is 3.66. The Balaban J connectivity index is 2.31. The molecule has 2 nitrogen and oxygen atoms in total. The van der Waals surface area contributed by atoms with E-state index in [-0.39, 0.29) is 0 Å². The molecule has 1 heterocycles. The minimum atomic E-state index is 0.568. The van der Waals surface area contributed by atoms with Crippen molar-refractivity contribution in [3.05, 3.63) is 30.1 Å². The number of benzene rings is 1. The number of alkyl halides is 1. The highest BCUT2D eigenvalue weighted by atomic mass is 79.9. The lowest BCUT2D eigenvalue weighted by Gasteiger charge is -2.06. The Hall–Kier alpha value is -0.830. The van der Waals surface area contributed by atoms with Crippen molar-refractivity contribution in [1.82, 2.24) is 9.55 Å². The van der Waals surface area contributed by atoms with E-state index in [9.17, 15) is 0 Å². The van der Waals surface area contributed by atoms with Gasteiger partial charge >= 0.3 is 0 Å². The van der Waals surface area contributed by atoms with Gasteiger partial charge in [0.2, 0.25) is 0 Å². The Kier molecular flexibility index (Phi) is 3.10. The van der Waals surface area contributed by atoms with Crippen LogP contribution < -0.4 is 0 Å². The van der Waals surface area contributed by atoms with Crippen LogP contribution in [0.1, 0.15) is 18.9 Å². The van der Waals surface area contributed by atoms with Crippen LogP contribution in [0, 0.1) is 0 Å². The first-order valence-corrected chi connectivity index (χ1v) is 6.16. The Morgan fingerprint density at radius 3 is 3.00 bits per heavy atom. The van der Waals surface area contributed by atoms with Gasteiger partial charge < -0.3 is 4.57 Å². The molecule has 15 heavy (non-hydrogen) atoms. The predicted molar refractivity (Wildman–Crippen MR) is 67.4 cm³/mol. The lowest BCUT2D eigenvalue weighted by Crippen LogP contribution is -2.00. The van der Waals surface area contributed by atoms with Gasteiger partial charge in [-0.15, -0.1) is 0 Å². The van der Waals surface area contributed by atoms with E-state index in [0.29, 0.717) is 4.83 Å². The molecule has 1 aromatic heterocycles. The topological polar surface area (TPSA) is 17.8 Å². The SMILES string of the molecule is CCC(Br)Cc1ccc2c(c1)ncn2C. The number of hydrogen-bond acceptors (Lipinski definition) is 1. The first kappa shape index (κ1) is 10.7. The van der Waals surface area contributed by atoms with Crippen LogP contribution in [0.2, 0.25) is 0 Å². The standard InChI is InChI=1S/C12H15BrN2/c1-3-10(13)6-9-4-5-12-11(7-9)14-8-15(12)2/h4-5,7-8,10H,3,6H2,1-2H3. The number of nitrogens with zero attached hydrogens (tertiary/aromatic N) is 2. The number of halogens is 1. The second kappa shape index (κ2) is 4.35. The van der Waals surface area contributed by atoms with E-state index >= 15 is 0 Å². The van der Waals surface area contributed by atoms with Crippen molar-refractivity contribution in [2.75, 3.05) is 0 Å². The summed E-state index contributed by atoms with van der Waals surface area (Å²) in [6, 6.07) is 6.51. The third-order valence-electron chi connectivity index (χ3n) is 2.69. The zero-order chi connectivity index (χ0) is 10.8. The molecule has 0 saturated carbocycles. The summed E-state index contributed by atoms with van der Waals surface area (Å²) in [6.07, 6.45) is 4.09. The molecule has 0 N–H and O–H groups in total. The molecule has 0 fully saturated rings. The van der Waals surface area contributed by atoms with E-state index in [1.165, 1.54) is 11.1 Å². The van der Waals surface area contributed by atoms with Crippen molar-refractivity contribution >= 4 is 27.0 Å². The van der Waals surface area contributed by atoms with Crippen molar-refractivity contribution in [2.45, 2.75) is 24.6 Å². The van der Waals surface area contributed by atoms with Gasteiger partial charge in [-0.2, -0.15) is 0 Å². The second-order valence-electron chi connectivity index (χ2n) is 3.89. The Labute approximate surface area is 98.4 Å². The van der Waals surface area contributed by atoms with Crippen LogP contribution in [-0.2, 0) is 13.5 Å². The number of fused-ring (bicyclic) bond motifs is 1. The molecule has 1 unspecified atom stereocenters. The number of rotatable bonds is 3. The van der Waals surface area contributed by atoms with Gasteiger partial charge in [-0.3, -0.25) is 0 Å². The summed E-state index contributed by atoms with van der Waals surface area (Å²) in [4.78, 5) is 4.93. The average molecular weight is 267 g/mol. The van der Waals surface area contributed by atoms with Gasteiger partial charge in [0.1, 0.15) is 0 Å². The van der Waals surface area contributed by atoms with Gasteiger partial charge in [0.25, 0.3) is 0 Å². The smallest absolute Gasteiger partial charge is 0.0955 e. The minimum Gasteiger partial charge on any atom is -0.334 e. The largest absolute Gasteiger partial charge is 0.334 e. The first-order chi connectivity index (χ1) is 7.20. The molecule has 2 rings (SSSR count). The number of imidazole rings is 1. The van der Waals surface area contributed by atoms with Crippen LogP contribution in [0.4, 0.5) is 0 Å². The highest BCUT2D eigenvalue weighted by Crippen LogP contribution is 2.18. The summed E-state index contributed by atoms with van der Waals surface area (Å²) in [5.41, 5.74) is 3.64. The van der Waals surface area contributed by atoms with Crippen molar-refractivity contribution < 1.29 is 0 Å². The minimum absolute atomic E-state index is 0.568. The molecule has 0 aliphatic carbocycles. The third kappa shape index (κ3) is 2.23. The molecular formula is C12H15BrN2. The summed E-state index contributed by atoms with van der Waals surface area (Å²) < 4.78 is 2.05. The molecular weight excluding hydrogens is 252 g/mol. The van der Waals surface area contributed by atoms with Gasteiger partial charge in [-0.05, 0) is 30.5 Å². The predicted octanol–water partition coefficient (Wildman–Crippen LogP) is 3.29. The molecule has 1 aromatic carbocycles. The van der Waals surface area contributed by atoms with Gasteiger partial charge in [0.15, 0.2) is 0 Å². The second-order valence-corrected chi connectivity index (χ2v) is 5.18.